The van der Waals surface area contributed by atoms with Crippen molar-refractivity contribution in [2.45, 2.75) is 0 Å². The summed E-state index contributed by atoms with van der Waals surface area (Å²) in [5, 5.41) is 6.24. The largest absolute Gasteiger partial charge is 0.381 e. The highest BCUT2D eigenvalue weighted by Gasteiger charge is 2.19. The fourth-order valence-corrected chi connectivity index (χ4v) is 2.88. The highest BCUT2D eigenvalue weighted by molar-refractivity contribution is 5.95. The number of hydrogen-bond acceptors (Lipinski definition) is 5. The summed E-state index contributed by atoms with van der Waals surface area (Å²) in [7, 11) is 0. The first-order valence-corrected chi connectivity index (χ1v) is 9.00. The summed E-state index contributed by atoms with van der Waals surface area (Å²) < 4.78 is 5.13. The van der Waals surface area contributed by atoms with Gasteiger partial charge in [0, 0.05) is 23.7 Å². The van der Waals surface area contributed by atoms with Crippen molar-refractivity contribution in [1.82, 2.24) is 16.2 Å². The van der Waals surface area contributed by atoms with E-state index in [1.54, 1.807) is 0 Å². The van der Waals surface area contributed by atoms with E-state index in [9.17, 15) is 4.79 Å². The van der Waals surface area contributed by atoms with Gasteiger partial charge < -0.3 is 15.4 Å². The Morgan fingerprint density at radius 3 is 2.59 bits per heavy atom. The lowest BCUT2D eigenvalue weighted by Gasteiger charge is -2.26. The zero-order valence-corrected chi connectivity index (χ0v) is 14.9. The molecule has 27 heavy (non-hydrogen) atoms. The third-order valence-electron chi connectivity index (χ3n) is 4.50. The molecule has 2 aliphatic rings. The van der Waals surface area contributed by atoms with E-state index < -0.39 is 0 Å². The second-order valence-corrected chi connectivity index (χ2v) is 6.60. The Labute approximate surface area is 158 Å². The lowest BCUT2D eigenvalue weighted by atomic mass is 10.1. The first-order valence-electron chi connectivity index (χ1n) is 9.00. The van der Waals surface area contributed by atoms with Gasteiger partial charge in [-0.05, 0) is 35.9 Å². The average Bonchev–Trinajstić information content (AvgIpc) is 2.68. The molecular weight excluding hydrogens is 340 g/mol. The molecule has 0 spiro atoms. The molecule has 0 saturated carbocycles. The number of hydrogen-bond donors (Lipinski definition) is 4. The Balaban J connectivity index is 1.39. The highest BCUT2D eigenvalue weighted by Crippen LogP contribution is 2.17. The summed E-state index contributed by atoms with van der Waals surface area (Å²) >= 11 is 0. The molecule has 2 aliphatic heterocycles. The number of hydrazine groups is 1. The molecule has 1 saturated heterocycles. The van der Waals surface area contributed by atoms with Crippen LogP contribution < -0.4 is 21.5 Å². The van der Waals surface area contributed by atoms with Gasteiger partial charge in [-0.25, -0.2) is 0 Å². The molecule has 138 valence electrons. The average molecular weight is 362 g/mol. The Bertz CT molecular complexity index is 873. The molecule has 1 fully saturated rings. The monoisotopic (exact) mass is 362 g/mol. The summed E-state index contributed by atoms with van der Waals surface area (Å²) in [5.41, 5.74) is 9.89. The predicted octanol–water partition coefficient (Wildman–Crippen LogP) is 2.46. The number of carbonyl (C=O) groups is 1. The summed E-state index contributed by atoms with van der Waals surface area (Å²) in [5.74, 6) is 1.17. The van der Waals surface area contributed by atoms with E-state index in [-0.39, 0.29) is 5.91 Å². The summed E-state index contributed by atoms with van der Waals surface area (Å²) in [6.07, 6.45) is 3.97. The minimum Gasteiger partial charge on any atom is -0.381 e. The van der Waals surface area contributed by atoms with E-state index in [1.165, 1.54) is 0 Å². The molecule has 0 aliphatic carbocycles. The van der Waals surface area contributed by atoms with Crippen LogP contribution in [0.2, 0.25) is 0 Å². The molecule has 0 aromatic heterocycles. The SMILES string of the molecule is O=C(NCC1COC1)c1cccc(NC2=CC=C(c3ccccc3)NN2)c1. The third kappa shape index (κ3) is 4.30. The van der Waals surface area contributed by atoms with Crippen LogP contribution in [0.4, 0.5) is 5.69 Å². The van der Waals surface area contributed by atoms with E-state index in [0.717, 1.165) is 36.0 Å². The molecule has 6 nitrogen and oxygen atoms in total. The smallest absolute Gasteiger partial charge is 0.251 e. The Morgan fingerprint density at radius 1 is 1.04 bits per heavy atom. The minimum atomic E-state index is -0.0690. The van der Waals surface area contributed by atoms with E-state index in [4.69, 9.17) is 4.74 Å². The molecule has 0 atom stereocenters. The van der Waals surface area contributed by atoms with E-state index in [2.05, 4.69) is 21.5 Å². The summed E-state index contributed by atoms with van der Waals surface area (Å²) in [4.78, 5) is 12.3. The number of ether oxygens (including phenoxy) is 1. The van der Waals surface area contributed by atoms with E-state index in [0.29, 0.717) is 18.0 Å². The van der Waals surface area contributed by atoms with Crippen LogP contribution in [-0.4, -0.2) is 25.7 Å². The van der Waals surface area contributed by atoms with Crippen LogP contribution in [0.3, 0.4) is 0 Å². The number of rotatable bonds is 6. The van der Waals surface area contributed by atoms with Gasteiger partial charge >= 0.3 is 0 Å². The van der Waals surface area contributed by atoms with Crippen LogP contribution in [0, 0.1) is 5.92 Å². The Hall–Kier alpha value is -3.25. The van der Waals surface area contributed by atoms with Gasteiger partial charge in [-0.15, -0.1) is 0 Å². The minimum absolute atomic E-state index is 0.0690. The van der Waals surface area contributed by atoms with Gasteiger partial charge in [-0.3, -0.25) is 15.6 Å². The zero-order chi connectivity index (χ0) is 18.5. The first-order chi connectivity index (χ1) is 13.3. The lowest BCUT2D eigenvalue weighted by molar-refractivity contribution is -0.0298. The number of carbonyl (C=O) groups excluding carboxylic acids is 1. The molecule has 2 aromatic carbocycles. The topological polar surface area (TPSA) is 74.4 Å². The van der Waals surface area contributed by atoms with Crippen LogP contribution in [0.1, 0.15) is 15.9 Å². The van der Waals surface area contributed by atoms with Crippen LogP contribution in [0.15, 0.2) is 72.6 Å². The van der Waals surface area contributed by atoms with Crippen molar-refractivity contribution in [1.29, 1.82) is 0 Å². The second kappa shape index (κ2) is 7.97. The predicted molar refractivity (Wildman–Crippen MR) is 105 cm³/mol. The molecule has 6 heteroatoms. The second-order valence-electron chi connectivity index (χ2n) is 6.60. The zero-order valence-electron chi connectivity index (χ0n) is 14.9. The van der Waals surface area contributed by atoms with E-state index >= 15 is 0 Å². The maximum absolute atomic E-state index is 12.3. The molecule has 0 unspecified atom stereocenters. The standard InChI is InChI=1S/C21H22N4O2/c26-21(22-12-15-13-27-14-15)17-7-4-8-18(11-17)23-20-10-9-19(24-25-20)16-5-2-1-3-6-16/h1-11,15,23-25H,12-14H2,(H,22,26). The maximum Gasteiger partial charge on any atom is 0.251 e. The number of nitrogens with one attached hydrogen (secondary N) is 4. The normalized spacial score (nSPS) is 16.1. The van der Waals surface area contributed by atoms with Crippen molar-refractivity contribution >= 4 is 17.3 Å². The van der Waals surface area contributed by atoms with Gasteiger partial charge in [0.05, 0.1) is 18.9 Å². The van der Waals surface area contributed by atoms with Gasteiger partial charge in [0.1, 0.15) is 5.82 Å². The van der Waals surface area contributed by atoms with Gasteiger partial charge in [-0.1, -0.05) is 36.4 Å². The molecule has 0 radical (unpaired) electrons. The van der Waals surface area contributed by atoms with Crippen molar-refractivity contribution in [3.05, 3.63) is 83.7 Å². The third-order valence-corrected chi connectivity index (χ3v) is 4.50. The summed E-state index contributed by atoms with van der Waals surface area (Å²) in [6, 6.07) is 17.5. The quantitative estimate of drug-likeness (QED) is 0.635. The van der Waals surface area contributed by atoms with Crippen LogP contribution in [-0.2, 0) is 4.74 Å². The van der Waals surface area contributed by atoms with Gasteiger partial charge in [-0.2, -0.15) is 0 Å². The molecule has 0 bridgehead atoms. The lowest BCUT2D eigenvalue weighted by Crippen LogP contribution is -2.39. The molecule has 4 N–H and O–H groups in total. The number of benzene rings is 2. The first kappa shape index (κ1) is 17.2. The fourth-order valence-electron chi connectivity index (χ4n) is 2.88. The number of anilines is 1. The van der Waals surface area contributed by atoms with Crippen molar-refractivity contribution in [2.75, 3.05) is 25.1 Å². The molecule has 1 amide bonds. The van der Waals surface area contributed by atoms with E-state index in [1.807, 2.05) is 66.7 Å². The van der Waals surface area contributed by atoms with Gasteiger partial charge in [0.25, 0.3) is 5.91 Å². The molecule has 2 heterocycles. The molecular formula is C21H22N4O2. The number of amides is 1. The highest BCUT2D eigenvalue weighted by atomic mass is 16.5. The Morgan fingerprint density at radius 2 is 1.89 bits per heavy atom. The van der Waals surface area contributed by atoms with Crippen LogP contribution in [0.5, 0.6) is 0 Å². The van der Waals surface area contributed by atoms with Crippen molar-refractivity contribution in [3.8, 4) is 0 Å². The van der Waals surface area contributed by atoms with Crippen molar-refractivity contribution < 1.29 is 9.53 Å². The van der Waals surface area contributed by atoms with Gasteiger partial charge in [0.2, 0.25) is 0 Å². The van der Waals surface area contributed by atoms with Crippen molar-refractivity contribution in [2.24, 2.45) is 5.92 Å². The van der Waals surface area contributed by atoms with Crippen LogP contribution >= 0.6 is 0 Å². The molecule has 4 rings (SSSR count). The van der Waals surface area contributed by atoms with Crippen molar-refractivity contribution in [3.63, 3.8) is 0 Å². The number of allylic oxidation sites excluding steroid dienone is 2. The maximum atomic E-state index is 12.3. The summed E-state index contributed by atoms with van der Waals surface area (Å²) in [6.45, 7) is 2.11. The Kier molecular flexibility index (Phi) is 5.07. The molecule has 2 aromatic rings. The van der Waals surface area contributed by atoms with Gasteiger partial charge in [0.15, 0.2) is 0 Å². The van der Waals surface area contributed by atoms with Crippen LogP contribution in [0.25, 0.3) is 5.70 Å². The fraction of sp³-hybridized carbons (Fsp3) is 0.190.